The fourth-order valence-corrected chi connectivity index (χ4v) is 4.56. The lowest BCUT2D eigenvalue weighted by Gasteiger charge is -2.22. The van der Waals surface area contributed by atoms with Gasteiger partial charge < -0.3 is 15.3 Å². The smallest absolute Gasteiger partial charge is 0.303 e. The van der Waals surface area contributed by atoms with Gasteiger partial charge in [-0.15, -0.1) is 0 Å². The Balaban J connectivity index is 1.81. The number of carboxylic acid groups (broad SMARTS) is 1. The number of aliphatic hydroxyl groups is 2. The average molecular weight is 365 g/mol. The van der Waals surface area contributed by atoms with Gasteiger partial charge in [0.2, 0.25) is 0 Å². The Morgan fingerprint density at radius 1 is 1.35 bits per heavy atom. The normalized spacial score (nSPS) is 30.4. The van der Waals surface area contributed by atoms with Crippen LogP contribution >= 0.6 is 0 Å². The number of carboxylic acids is 1. The molecule has 0 bridgehead atoms. The third-order valence-electron chi connectivity index (χ3n) is 6.07. The molecule has 0 amide bonds. The van der Waals surface area contributed by atoms with Gasteiger partial charge >= 0.3 is 5.97 Å². The van der Waals surface area contributed by atoms with Crippen molar-refractivity contribution < 1.29 is 20.1 Å². The fraction of sp³-hybridized carbons (Fsp3) is 0.773. The number of carbonyl (C=O) groups is 1. The lowest BCUT2D eigenvalue weighted by atomic mass is 9.87. The van der Waals surface area contributed by atoms with Gasteiger partial charge in [0.25, 0.3) is 0 Å². The first-order valence-electron chi connectivity index (χ1n) is 10.3. The predicted molar refractivity (Wildman–Crippen MR) is 104 cm³/mol. The van der Waals surface area contributed by atoms with Crippen molar-refractivity contribution in [2.24, 2.45) is 17.8 Å². The number of allylic oxidation sites excluding steroid dienone is 2. The largest absolute Gasteiger partial charge is 0.481 e. The van der Waals surface area contributed by atoms with Crippen molar-refractivity contribution in [2.75, 3.05) is 0 Å². The maximum atomic E-state index is 10.6. The van der Waals surface area contributed by atoms with Crippen molar-refractivity contribution in [3.63, 3.8) is 0 Å². The lowest BCUT2D eigenvalue weighted by Crippen LogP contribution is -2.23. The lowest BCUT2D eigenvalue weighted by molar-refractivity contribution is -0.137. The number of rotatable bonds is 11. The summed E-state index contributed by atoms with van der Waals surface area (Å²) in [7, 11) is 0. The molecular formula is C22H36O4. The maximum absolute atomic E-state index is 10.6. The van der Waals surface area contributed by atoms with Crippen LogP contribution in [0, 0.1) is 17.8 Å². The summed E-state index contributed by atoms with van der Waals surface area (Å²) in [5.41, 5.74) is 0.782. The monoisotopic (exact) mass is 364 g/mol. The minimum Gasteiger partial charge on any atom is -0.481 e. The van der Waals surface area contributed by atoms with E-state index >= 15 is 0 Å². The number of hydrogen-bond acceptors (Lipinski definition) is 3. The summed E-state index contributed by atoms with van der Waals surface area (Å²) in [6.45, 7) is 4.03. The molecule has 1 saturated carbocycles. The van der Waals surface area contributed by atoms with Crippen LogP contribution < -0.4 is 0 Å². The molecule has 1 unspecified atom stereocenters. The molecule has 3 N–H and O–H groups in total. The van der Waals surface area contributed by atoms with Crippen LogP contribution in [-0.4, -0.2) is 33.0 Å². The second kappa shape index (κ2) is 9.70. The van der Waals surface area contributed by atoms with Crippen molar-refractivity contribution in [3.8, 4) is 0 Å². The highest BCUT2D eigenvalue weighted by Crippen LogP contribution is 2.48. The molecule has 0 aliphatic heterocycles. The van der Waals surface area contributed by atoms with Crippen LogP contribution in [0.15, 0.2) is 23.8 Å². The SMILES string of the molecule is CCCCC(C)(O)CC=C[C@@H]1[C@H]2CC(CCCCC(=O)O)=C[C@H]2C[C@H]1O. The first-order chi connectivity index (χ1) is 12.3. The van der Waals surface area contributed by atoms with Crippen molar-refractivity contribution in [1.82, 2.24) is 0 Å². The first-order valence-corrected chi connectivity index (χ1v) is 10.3. The number of aliphatic carboxylic acids is 1. The van der Waals surface area contributed by atoms with Crippen molar-refractivity contribution in [3.05, 3.63) is 23.8 Å². The third-order valence-corrected chi connectivity index (χ3v) is 6.07. The van der Waals surface area contributed by atoms with E-state index in [1.165, 1.54) is 5.57 Å². The summed E-state index contributed by atoms with van der Waals surface area (Å²) in [6, 6.07) is 0. The Morgan fingerprint density at radius 2 is 2.12 bits per heavy atom. The molecule has 5 atom stereocenters. The average Bonchev–Trinajstić information content (AvgIpc) is 3.07. The van der Waals surface area contributed by atoms with Gasteiger partial charge in [0.15, 0.2) is 0 Å². The highest BCUT2D eigenvalue weighted by atomic mass is 16.4. The van der Waals surface area contributed by atoms with Crippen LogP contribution in [0.1, 0.15) is 78.1 Å². The van der Waals surface area contributed by atoms with Crippen LogP contribution in [-0.2, 0) is 4.79 Å². The summed E-state index contributed by atoms with van der Waals surface area (Å²) in [5, 5.41) is 29.5. The van der Waals surface area contributed by atoms with Crippen molar-refractivity contribution in [1.29, 1.82) is 0 Å². The number of unbranched alkanes of at least 4 members (excludes halogenated alkanes) is 2. The number of fused-ring (bicyclic) bond motifs is 1. The number of hydrogen-bond donors (Lipinski definition) is 3. The van der Waals surface area contributed by atoms with Crippen molar-refractivity contribution >= 4 is 5.97 Å². The molecule has 2 rings (SSSR count). The van der Waals surface area contributed by atoms with E-state index in [2.05, 4.69) is 25.2 Å². The third kappa shape index (κ3) is 6.24. The van der Waals surface area contributed by atoms with Crippen LogP contribution in [0.2, 0.25) is 0 Å². The highest BCUT2D eigenvalue weighted by Gasteiger charge is 2.43. The van der Waals surface area contributed by atoms with Gasteiger partial charge in [-0.1, -0.05) is 43.6 Å². The minimum absolute atomic E-state index is 0.176. The van der Waals surface area contributed by atoms with Gasteiger partial charge in [0, 0.05) is 12.3 Å². The molecule has 2 aliphatic carbocycles. The van der Waals surface area contributed by atoms with E-state index in [1.807, 2.05) is 6.92 Å². The van der Waals surface area contributed by atoms with E-state index in [0.717, 1.165) is 51.4 Å². The van der Waals surface area contributed by atoms with Gasteiger partial charge in [0.1, 0.15) is 0 Å². The minimum atomic E-state index is -0.717. The molecule has 4 heteroatoms. The molecule has 26 heavy (non-hydrogen) atoms. The second-order valence-electron chi connectivity index (χ2n) is 8.57. The van der Waals surface area contributed by atoms with Crippen LogP contribution in [0.4, 0.5) is 0 Å². The Kier molecular flexibility index (Phi) is 7.90. The topological polar surface area (TPSA) is 77.8 Å². The standard InChI is InChI=1S/C22H36O4/c1-3-4-11-22(2,26)12-7-9-18-19-14-16(8-5-6-10-21(24)25)13-17(19)15-20(18)23/h7,9,13,17-20,23,26H,3-6,8,10-12,14-15H2,1-2H3,(H,24,25)/t17-,18+,19-,20+,22?/m0/s1. The molecule has 148 valence electrons. The summed E-state index contributed by atoms with van der Waals surface area (Å²) >= 11 is 0. The Hall–Kier alpha value is -1.13. The molecule has 0 heterocycles. The zero-order chi connectivity index (χ0) is 19.2. The second-order valence-corrected chi connectivity index (χ2v) is 8.57. The summed E-state index contributed by atoms with van der Waals surface area (Å²) in [5.74, 6) is 0.381. The molecule has 0 radical (unpaired) electrons. The van der Waals surface area contributed by atoms with Crippen LogP contribution in [0.5, 0.6) is 0 Å². The zero-order valence-corrected chi connectivity index (χ0v) is 16.4. The van der Waals surface area contributed by atoms with E-state index in [9.17, 15) is 15.0 Å². The Morgan fingerprint density at radius 3 is 2.81 bits per heavy atom. The number of aliphatic hydroxyl groups excluding tert-OH is 1. The van der Waals surface area contributed by atoms with Gasteiger partial charge in [0.05, 0.1) is 11.7 Å². The summed E-state index contributed by atoms with van der Waals surface area (Å²) in [6.07, 6.45) is 14.6. The highest BCUT2D eigenvalue weighted by molar-refractivity contribution is 5.66. The van der Waals surface area contributed by atoms with E-state index < -0.39 is 11.6 Å². The Labute approximate surface area is 158 Å². The van der Waals surface area contributed by atoms with E-state index in [-0.39, 0.29) is 18.4 Å². The fourth-order valence-electron chi connectivity index (χ4n) is 4.56. The van der Waals surface area contributed by atoms with Gasteiger partial charge in [-0.25, -0.2) is 0 Å². The molecule has 0 aromatic rings. The van der Waals surface area contributed by atoms with E-state index in [0.29, 0.717) is 18.3 Å². The summed E-state index contributed by atoms with van der Waals surface area (Å²) in [4.78, 5) is 10.6. The molecule has 1 fully saturated rings. The van der Waals surface area contributed by atoms with Crippen LogP contribution in [0.25, 0.3) is 0 Å². The molecule has 0 spiro atoms. The van der Waals surface area contributed by atoms with E-state index in [1.54, 1.807) is 0 Å². The molecule has 2 aliphatic rings. The van der Waals surface area contributed by atoms with Gasteiger partial charge in [-0.2, -0.15) is 0 Å². The Bertz CT molecular complexity index is 520. The maximum Gasteiger partial charge on any atom is 0.303 e. The van der Waals surface area contributed by atoms with Gasteiger partial charge in [-0.05, 0) is 63.7 Å². The molecule has 4 nitrogen and oxygen atoms in total. The quantitative estimate of drug-likeness (QED) is 0.373. The van der Waals surface area contributed by atoms with Crippen LogP contribution in [0.3, 0.4) is 0 Å². The molecular weight excluding hydrogens is 328 g/mol. The van der Waals surface area contributed by atoms with Crippen molar-refractivity contribution in [2.45, 2.75) is 89.8 Å². The summed E-state index contributed by atoms with van der Waals surface area (Å²) < 4.78 is 0. The predicted octanol–water partition coefficient (Wildman–Crippen LogP) is 4.46. The molecule has 0 aromatic carbocycles. The first kappa shape index (κ1) is 21.2. The van der Waals surface area contributed by atoms with E-state index in [4.69, 9.17) is 5.11 Å². The van der Waals surface area contributed by atoms with Gasteiger partial charge in [-0.3, -0.25) is 4.79 Å². The zero-order valence-electron chi connectivity index (χ0n) is 16.4. The molecule has 0 aromatic heterocycles. The molecule has 0 saturated heterocycles.